The van der Waals surface area contributed by atoms with Crippen molar-refractivity contribution in [1.82, 2.24) is 5.32 Å². The van der Waals surface area contributed by atoms with Gasteiger partial charge in [0.1, 0.15) is 5.82 Å². The molecule has 2 aromatic carbocycles. The SMILES string of the molecule is CNCc1ccc(N(C)Cc2ccccc2C)c(F)c1. The third kappa shape index (κ3) is 3.36. The lowest BCUT2D eigenvalue weighted by atomic mass is 10.1. The molecule has 0 aliphatic carbocycles. The highest BCUT2D eigenvalue weighted by Crippen LogP contribution is 2.22. The summed E-state index contributed by atoms with van der Waals surface area (Å²) in [4.78, 5) is 1.95. The van der Waals surface area contributed by atoms with E-state index in [9.17, 15) is 4.39 Å². The molecule has 2 nitrogen and oxygen atoms in total. The van der Waals surface area contributed by atoms with E-state index in [1.165, 1.54) is 11.1 Å². The molecule has 0 saturated carbocycles. The third-order valence-electron chi connectivity index (χ3n) is 3.47. The second kappa shape index (κ2) is 6.53. The van der Waals surface area contributed by atoms with E-state index in [1.54, 1.807) is 6.07 Å². The predicted octanol–water partition coefficient (Wildman–Crippen LogP) is 3.49. The number of rotatable bonds is 5. The first-order valence-corrected chi connectivity index (χ1v) is 6.80. The standard InChI is InChI=1S/C17H21FN2/c1-13-6-4-5-7-15(13)12-20(3)17-9-8-14(11-19-2)10-16(17)18/h4-10,19H,11-12H2,1-3H3. The Balaban J connectivity index is 2.17. The van der Waals surface area contributed by atoms with Gasteiger partial charge in [0.05, 0.1) is 5.69 Å². The average molecular weight is 272 g/mol. The van der Waals surface area contributed by atoms with Crippen molar-refractivity contribution in [3.63, 3.8) is 0 Å². The molecule has 0 heterocycles. The van der Waals surface area contributed by atoms with Crippen LogP contribution in [-0.2, 0) is 13.1 Å². The summed E-state index contributed by atoms with van der Waals surface area (Å²) in [6, 6.07) is 13.6. The molecule has 2 aromatic rings. The molecular weight excluding hydrogens is 251 g/mol. The lowest BCUT2D eigenvalue weighted by Crippen LogP contribution is -2.18. The summed E-state index contributed by atoms with van der Waals surface area (Å²) in [5, 5.41) is 3.03. The Morgan fingerprint density at radius 3 is 2.55 bits per heavy atom. The van der Waals surface area contributed by atoms with Crippen molar-refractivity contribution in [2.45, 2.75) is 20.0 Å². The zero-order valence-corrected chi connectivity index (χ0v) is 12.3. The number of anilines is 1. The van der Waals surface area contributed by atoms with E-state index in [4.69, 9.17) is 0 Å². The largest absolute Gasteiger partial charge is 0.368 e. The van der Waals surface area contributed by atoms with Crippen molar-refractivity contribution in [3.05, 3.63) is 65.0 Å². The zero-order valence-electron chi connectivity index (χ0n) is 12.3. The van der Waals surface area contributed by atoms with Crippen LogP contribution in [-0.4, -0.2) is 14.1 Å². The maximum atomic E-state index is 14.2. The number of halogens is 1. The fourth-order valence-electron chi connectivity index (χ4n) is 2.30. The molecule has 20 heavy (non-hydrogen) atoms. The van der Waals surface area contributed by atoms with Gasteiger partial charge in [-0.3, -0.25) is 0 Å². The zero-order chi connectivity index (χ0) is 14.5. The second-order valence-electron chi connectivity index (χ2n) is 5.10. The van der Waals surface area contributed by atoms with Crippen LogP contribution in [0.3, 0.4) is 0 Å². The number of nitrogens with zero attached hydrogens (tertiary/aromatic N) is 1. The predicted molar refractivity (Wildman–Crippen MR) is 82.4 cm³/mol. The number of hydrogen-bond acceptors (Lipinski definition) is 2. The first-order valence-electron chi connectivity index (χ1n) is 6.80. The van der Waals surface area contributed by atoms with Crippen molar-refractivity contribution in [1.29, 1.82) is 0 Å². The van der Waals surface area contributed by atoms with Gasteiger partial charge in [-0.2, -0.15) is 0 Å². The van der Waals surface area contributed by atoms with Crippen LogP contribution in [0, 0.1) is 12.7 Å². The van der Waals surface area contributed by atoms with E-state index in [1.807, 2.05) is 43.3 Å². The van der Waals surface area contributed by atoms with Gasteiger partial charge < -0.3 is 10.2 Å². The average Bonchev–Trinajstić information content (AvgIpc) is 2.42. The molecule has 106 valence electrons. The summed E-state index contributed by atoms with van der Waals surface area (Å²) in [7, 11) is 3.78. The maximum Gasteiger partial charge on any atom is 0.146 e. The van der Waals surface area contributed by atoms with Gasteiger partial charge in [-0.05, 0) is 42.8 Å². The molecule has 0 unspecified atom stereocenters. The maximum absolute atomic E-state index is 14.2. The fraction of sp³-hybridized carbons (Fsp3) is 0.294. The van der Waals surface area contributed by atoms with Gasteiger partial charge in [-0.15, -0.1) is 0 Å². The van der Waals surface area contributed by atoms with Gasteiger partial charge in [0.25, 0.3) is 0 Å². The molecule has 0 saturated heterocycles. The minimum absolute atomic E-state index is 0.172. The Hall–Kier alpha value is -1.87. The summed E-state index contributed by atoms with van der Waals surface area (Å²) >= 11 is 0. The van der Waals surface area contributed by atoms with Crippen LogP contribution in [0.1, 0.15) is 16.7 Å². The molecule has 0 aliphatic heterocycles. The normalized spacial score (nSPS) is 10.6. The lowest BCUT2D eigenvalue weighted by Gasteiger charge is -2.21. The van der Waals surface area contributed by atoms with E-state index in [0.29, 0.717) is 18.8 Å². The summed E-state index contributed by atoms with van der Waals surface area (Å²) in [6.45, 7) is 3.46. The highest BCUT2D eigenvalue weighted by atomic mass is 19.1. The topological polar surface area (TPSA) is 15.3 Å². The molecule has 3 heteroatoms. The van der Waals surface area contributed by atoms with Crippen molar-refractivity contribution in [2.75, 3.05) is 19.0 Å². The van der Waals surface area contributed by atoms with E-state index in [0.717, 1.165) is 5.56 Å². The minimum atomic E-state index is -0.172. The Kier molecular flexibility index (Phi) is 4.74. The highest BCUT2D eigenvalue weighted by molar-refractivity contribution is 5.49. The summed E-state index contributed by atoms with van der Waals surface area (Å²) in [5.74, 6) is -0.172. The number of benzene rings is 2. The van der Waals surface area contributed by atoms with Gasteiger partial charge in [0.15, 0.2) is 0 Å². The highest BCUT2D eigenvalue weighted by Gasteiger charge is 2.09. The molecule has 0 bridgehead atoms. The van der Waals surface area contributed by atoms with Crippen molar-refractivity contribution < 1.29 is 4.39 Å². The van der Waals surface area contributed by atoms with Gasteiger partial charge in [0.2, 0.25) is 0 Å². The molecule has 0 fully saturated rings. The molecule has 0 atom stereocenters. The third-order valence-corrected chi connectivity index (χ3v) is 3.47. The van der Waals surface area contributed by atoms with Crippen LogP contribution in [0.5, 0.6) is 0 Å². The van der Waals surface area contributed by atoms with Gasteiger partial charge in [0, 0.05) is 20.1 Å². The van der Waals surface area contributed by atoms with Gasteiger partial charge >= 0.3 is 0 Å². The van der Waals surface area contributed by atoms with E-state index < -0.39 is 0 Å². The first kappa shape index (κ1) is 14.5. The summed E-state index contributed by atoms with van der Waals surface area (Å²) in [6.07, 6.45) is 0. The minimum Gasteiger partial charge on any atom is -0.368 e. The number of aryl methyl sites for hydroxylation is 1. The number of nitrogens with one attached hydrogen (secondary N) is 1. The molecule has 0 amide bonds. The van der Waals surface area contributed by atoms with Crippen molar-refractivity contribution in [3.8, 4) is 0 Å². The summed E-state index contributed by atoms with van der Waals surface area (Å²) < 4.78 is 14.2. The Labute approximate surface area is 120 Å². The molecule has 2 rings (SSSR count). The van der Waals surface area contributed by atoms with Crippen molar-refractivity contribution >= 4 is 5.69 Å². The van der Waals surface area contributed by atoms with Crippen LogP contribution in [0.25, 0.3) is 0 Å². The molecule has 1 N–H and O–H groups in total. The molecule has 0 aromatic heterocycles. The Morgan fingerprint density at radius 2 is 1.90 bits per heavy atom. The Morgan fingerprint density at radius 1 is 1.15 bits per heavy atom. The summed E-state index contributed by atoms with van der Waals surface area (Å²) in [5.41, 5.74) is 4.03. The molecular formula is C17H21FN2. The van der Waals surface area contributed by atoms with E-state index in [2.05, 4.69) is 24.4 Å². The van der Waals surface area contributed by atoms with Crippen LogP contribution in [0.2, 0.25) is 0 Å². The van der Waals surface area contributed by atoms with E-state index in [-0.39, 0.29) is 5.82 Å². The molecule has 0 radical (unpaired) electrons. The number of hydrogen-bond donors (Lipinski definition) is 1. The van der Waals surface area contributed by atoms with Crippen LogP contribution in [0.15, 0.2) is 42.5 Å². The smallest absolute Gasteiger partial charge is 0.146 e. The molecule has 0 spiro atoms. The Bertz CT molecular complexity index is 581. The van der Waals surface area contributed by atoms with Crippen LogP contribution in [0.4, 0.5) is 10.1 Å². The fourth-order valence-corrected chi connectivity index (χ4v) is 2.30. The molecule has 0 aliphatic rings. The first-order chi connectivity index (χ1) is 9.61. The quantitative estimate of drug-likeness (QED) is 0.896. The van der Waals surface area contributed by atoms with Crippen LogP contribution >= 0.6 is 0 Å². The monoisotopic (exact) mass is 272 g/mol. The second-order valence-corrected chi connectivity index (χ2v) is 5.10. The van der Waals surface area contributed by atoms with E-state index >= 15 is 0 Å². The lowest BCUT2D eigenvalue weighted by molar-refractivity contribution is 0.618. The van der Waals surface area contributed by atoms with Gasteiger partial charge in [-0.1, -0.05) is 30.3 Å². The van der Waals surface area contributed by atoms with Crippen LogP contribution < -0.4 is 10.2 Å². The van der Waals surface area contributed by atoms with Crippen molar-refractivity contribution in [2.24, 2.45) is 0 Å². The van der Waals surface area contributed by atoms with Gasteiger partial charge in [-0.25, -0.2) is 4.39 Å².